The fourth-order valence-electron chi connectivity index (χ4n) is 5.39. The molecule has 3 fully saturated rings. The Kier molecular flexibility index (Phi) is 7.01. The van der Waals surface area contributed by atoms with E-state index in [1.165, 1.54) is 5.56 Å². The Hall–Kier alpha value is -2.65. The van der Waals surface area contributed by atoms with Gasteiger partial charge in [-0.15, -0.1) is 0 Å². The van der Waals surface area contributed by atoms with Crippen LogP contribution in [0.25, 0.3) is 0 Å². The molecule has 2 aromatic carbocycles. The average molecular weight is 468 g/mol. The minimum atomic E-state index is -0.784. The van der Waals surface area contributed by atoms with Crippen LogP contribution in [0.2, 0.25) is 0 Å². The molecular formula is C26H33N3O5. The molecule has 0 saturated carbocycles. The standard InChI is InChI=1S/C26H33N3O5/c1-32-20-9-5-8-19(15-20)27-26(31)28-22-21-16-33-25(34-21)23(24(22)30)29-12-10-18(11-13-29)14-17-6-3-2-4-7-17/h2-9,15,18,21-25,30H,10-14,16H2,1H3,(H2,27,28,31)/t21-,22-,23-,24+,25-/m1/s1. The van der Waals surface area contributed by atoms with Crippen molar-refractivity contribution in [2.45, 2.75) is 49.8 Å². The van der Waals surface area contributed by atoms with Crippen molar-refractivity contribution >= 4 is 11.7 Å². The van der Waals surface area contributed by atoms with Gasteiger partial charge in [-0.1, -0.05) is 36.4 Å². The van der Waals surface area contributed by atoms with Gasteiger partial charge in [0.05, 0.1) is 31.9 Å². The van der Waals surface area contributed by atoms with Crippen molar-refractivity contribution in [3.63, 3.8) is 0 Å². The highest BCUT2D eigenvalue weighted by Crippen LogP contribution is 2.34. The molecule has 2 amide bonds. The van der Waals surface area contributed by atoms with Gasteiger partial charge < -0.3 is 30.0 Å². The van der Waals surface area contributed by atoms with Gasteiger partial charge in [-0.05, 0) is 56.0 Å². The maximum Gasteiger partial charge on any atom is 0.319 e. The SMILES string of the molecule is COc1cccc(NC(=O)N[C@H]2[C@H](O)[C@@H](N3CCC(Cc4ccccc4)CC3)[C@@H]3OC[C@H]2O3)c1. The van der Waals surface area contributed by atoms with Crippen molar-refractivity contribution in [1.29, 1.82) is 0 Å². The summed E-state index contributed by atoms with van der Waals surface area (Å²) in [5.74, 6) is 1.28. The highest BCUT2D eigenvalue weighted by atomic mass is 16.7. The average Bonchev–Trinajstić information content (AvgIpc) is 3.29. The number of aliphatic hydroxyl groups is 1. The van der Waals surface area contributed by atoms with E-state index in [0.29, 0.717) is 24.0 Å². The second-order valence-electron chi connectivity index (χ2n) is 9.38. The number of piperidine rings is 1. The van der Waals surface area contributed by atoms with Gasteiger partial charge in [0.15, 0.2) is 6.29 Å². The maximum absolute atomic E-state index is 12.7. The number of fused-ring (bicyclic) bond motifs is 2. The second-order valence-corrected chi connectivity index (χ2v) is 9.38. The number of hydrogen-bond acceptors (Lipinski definition) is 6. The fraction of sp³-hybridized carbons (Fsp3) is 0.500. The summed E-state index contributed by atoms with van der Waals surface area (Å²) >= 11 is 0. The van der Waals surface area contributed by atoms with Crippen LogP contribution < -0.4 is 15.4 Å². The number of nitrogens with zero attached hydrogens (tertiary/aromatic N) is 1. The summed E-state index contributed by atoms with van der Waals surface area (Å²) in [7, 11) is 1.58. The predicted octanol–water partition coefficient (Wildman–Crippen LogP) is 2.62. The quantitative estimate of drug-likeness (QED) is 0.605. The molecule has 2 bridgehead atoms. The minimum Gasteiger partial charge on any atom is -0.497 e. The third kappa shape index (κ3) is 5.05. The Morgan fingerprint density at radius 3 is 2.71 bits per heavy atom. The number of nitrogens with one attached hydrogen (secondary N) is 2. The lowest BCUT2D eigenvalue weighted by atomic mass is 9.87. The van der Waals surface area contributed by atoms with Gasteiger partial charge in [-0.3, -0.25) is 4.90 Å². The van der Waals surface area contributed by atoms with E-state index in [4.69, 9.17) is 14.2 Å². The summed E-state index contributed by atoms with van der Waals surface area (Å²) < 4.78 is 17.2. The lowest BCUT2D eigenvalue weighted by Crippen LogP contribution is -2.66. The molecule has 2 aromatic rings. The van der Waals surface area contributed by atoms with Crippen molar-refractivity contribution in [2.75, 3.05) is 32.1 Å². The van der Waals surface area contributed by atoms with Crippen LogP contribution in [0.4, 0.5) is 10.5 Å². The lowest BCUT2D eigenvalue weighted by molar-refractivity contribution is -0.184. The molecule has 3 aliphatic heterocycles. The Labute approximate surface area is 200 Å². The second kappa shape index (κ2) is 10.3. The molecule has 0 unspecified atom stereocenters. The van der Waals surface area contributed by atoms with E-state index >= 15 is 0 Å². The number of carbonyl (C=O) groups is 1. The molecule has 5 rings (SSSR count). The van der Waals surface area contributed by atoms with Crippen molar-refractivity contribution in [2.24, 2.45) is 5.92 Å². The van der Waals surface area contributed by atoms with Crippen LogP contribution >= 0.6 is 0 Å². The van der Waals surface area contributed by atoms with E-state index in [2.05, 4.69) is 39.8 Å². The molecule has 182 valence electrons. The number of rotatable bonds is 6. The number of anilines is 1. The van der Waals surface area contributed by atoms with E-state index in [9.17, 15) is 9.90 Å². The number of aliphatic hydroxyl groups excluding tert-OH is 1. The van der Waals surface area contributed by atoms with Gasteiger partial charge in [0.2, 0.25) is 0 Å². The van der Waals surface area contributed by atoms with Crippen LogP contribution in [0.5, 0.6) is 5.75 Å². The van der Waals surface area contributed by atoms with Crippen molar-refractivity contribution in [3.8, 4) is 5.75 Å². The van der Waals surface area contributed by atoms with E-state index in [1.54, 1.807) is 25.3 Å². The third-order valence-electron chi connectivity index (χ3n) is 7.19. The molecule has 8 heteroatoms. The summed E-state index contributed by atoms with van der Waals surface area (Å²) in [6.45, 7) is 2.10. The van der Waals surface area contributed by atoms with Crippen LogP contribution in [0.1, 0.15) is 18.4 Å². The summed E-state index contributed by atoms with van der Waals surface area (Å²) in [6, 6.07) is 16.5. The molecule has 0 spiro atoms. The molecular weight excluding hydrogens is 434 g/mol. The monoisotopic (exact) mass is 467 g/mol. The highest BCUT2D eigenvalue weighted by Gasteiger charge is 2.52. The third-order valence-corrected chi connectivity index (χ3v) is 7.19. The molecule has 3 heterocycles. The molecule has 5 atom stereocenters. The van der Waals surface area contributed by atoms with Gasteiger partial charge in [0.25, 0.3) is 0 Å². The van der Waals surface area contributed by atoms with Gasteiger partial charge in [0, 0.05) is 11.8 Å². The number of urea groups is 1. The highest BCUT2D eigenvalue weighted by molar-refractivity contribution is 5.89. The summed E-state index contributed by atoms with van der Waals surface area (Å²) in [6.07, 6.45) is 1.57. The molecule has 0 aromatic heterocycles. The number of hydrogen-bond donors (Lipinski definition) is 3. The number of methoxy groups -OCH3 is 1. The van der Waals surface area contributed by atoms with Gasteiger partial charge in [0.1, 0.15) is 11.9 Å². The molecule has 0 radical (unpaired) electrons. The zero-order valence-corrected chi connectivity index (χ0v) is 19.4. The first-order valence-corrected chi connectivity index (χ1v) is 12.1. The Morgan fingerprint density at radius 1 is 1.15 bits per heavy atom. The van der Waals surface area contributed by atoms with Crippen molar-refractivity contribution in [1.82, 2.24) is 10.2 Å². The van der Waals surface area contributed by atoms with Gasteiger partial charge >= 0.3 is 6.03 Å². The van der Waals surface area contributed by atoms with E-state index in [1.807, 2.05) is 12.1 Å². The van der Waals surface area contributed by atoms with Gasteiger partial charge in [-0.2, -0.15) is 0 Å². The van der Waals surface area contributed by atoms with Gasteiger partial charge in [-0.25, -0.2) is 4.79 Å². The normalized spacial score (nSPS) is 29.5. The zero-order valence-electron chi connectivity index (χ0n) is 19.4. The largest absolute Gasteiger partial charge is 0.497 e. The molecule has 3 N–H and O–H groups in total. The summed E-state index contributed by atoms with van der Waals surface area (Å²) in [5, 5.41) is 17.0. The van der Waals surface area contributed by atoms with E-state index < -0.39 is 24.5 Å². The first kappa shape index (κ1) is 23.1. The minimum absolute atomic E-state index is 0.307. The molecule has 3 aliphatic rings. The van der Waals surface area contributed by atoms with E-state index in [-0.39, 0.29) is 12.1 Å². The number of benzene rings is 2. The fourth-order valence-corrected chi connectivity index (χ4v) is 5.39. The zero-order chi connectivity index (χ0) is 23.5. The molecule has 34 heavy (non-hydrogen) atoms. The number of ether oxygens (including phenoxy) is 3. The smallest absolute Gasteiger partial charge is 0.319 e. The number of likely N-dealkylation sites (tertiary alicyclic amines) is 1. The number of carbonyl (C=O) groups excluding carboxylic acids is 1. The van der Waals surface area contributed by atoms with E-state index in [0.717, 1.165) is 32.4 Å². The number of amides is 2. The lowest BCUT2D eigenvalue weighted by Gasteiger charge is -2.46. The molecule has 0 aliphatic carbocycles. The van der Waals surface area contributed by atoms with Crippen LogP contribution in [0, 0.1) is 5.92 Å². The topological polar surface area (TPSA) is 92.3 Å². The Morgan fingerprint density at radius 2 is 1.94 bits per heavy atom. The van der Waals surface area contributed by atoms with Crippen LogP contribution in [-0.2, 0) is 15.9 Å². The molecule has 8 nitrogen and oxygen atoms in total. The maximum atomic E-state index is 12.7. The Balaban J connectivity index is 1.19. The Bertz CT molecular complexity index is 966. The van der Waals surface area contributed by atoms with Crippen LogP contribution in [-0.4, -0.2) is 73.4 Å². The van der Waals surface area contributed by atoms with Crippen molar-refractivity contribution in [3.05, 3.63) is 60.2 Å². The summed E-state index contributed by atoms with van der Waals surface area (Å²) in [5.41, 5.74) is 1.98. The first-order chi connectivity index (χ1) is 16.6. The first-order valence-electron chi connectivity index (χ1n) is 12.1. The van der Waals surface area contributed by atoms with Crippen molar-refractivity contribution < 1.29 is 24.1 Å². The summed E-state index contributed by atoms with van der Waals surface area (Å²) in [4.78, 5) is 15.0. The van der Waals surface area contributed by atoms with Crippen LogP contribution in [0.15, 0.2) is 54.6 Å². The predicted molar refractivity (Wildman–Crippen MR) is 128 cm³/mol. The van der Waals surface area contributed by atoms with Crippen LogP contribution in [0.3, 0.4) is 0 Å². The molecule has 3 saturated heterocycles.